The number of carbonyl (C=O) groups is 1. The first-order chi connectivity index (χ1) is 18.3. The molecule has 0 fully saturated rings. The first-order valence-corrected chi connectivity index (χ1v) is 14.7. The molecule has 0 spiro atoms. The molecule has 11 nitrogen and oxygen atoms in total. The number of halogens is 1. The van der Waals surface area contributed by atoms with Gasteiger partial charge >= 0.3 is 5.97 Å². The number of ether oxygens (including phenoxy) is 10. The van der Waals surface area contributed by atoms with E-state index in [4.69, 9.17) is 42.6 Å². The molecule has 0 aromatic carbocycles. The Labute approximate surface area is 236 Å². The van der Waals surface area contributed by atoms with E-state index in [1.54, 1.807) is 0 Å². The van der Waals surface area contributed by atoms with Crippen molar-refractivity contribution in [3.8, 4) is 0 Å². The number of methoxy groups -OCH3 is 1. The molecule has 0 aliphatic rings. The van der Waals surface area contributed by atoms with Gasteiger partial charge < -0.3 is 47.4 Å². The fraction of sp³-hybridized carbons (Fsp3) is 0.960. The zero-order valence-electron chi connectivity index (χ0n) is 22.6. The molecule has 0 aromatic rings. The molecule has 0 N–H and O–H groups in total. The van der Waals surface area contributed by atoms with E-state index in [1.165, 1.54) is 30.8 Å². The van der Waals surface area contributed by atoms with Gasteiger partial charge in [0.2, 0.25) is 0 Å². The summed E-state index contributed by atoms with van der Waals surface area (Å²) in [6.07, 6.45) is 4.97. The average molecular weight is 653 g/mol. The van der Waals surface area contributed by atoms with Gasteiger partial charge in [0.1, 0.15) is 6.61 Å². The van der Waals surface area contributed by atoms with Gasteiger partial charge in [0.25, 0.3) is 0 Å². The second kappa shape index (κ2) is 33.9. The van der Waals surface area contributed by atoms with Crippen LogP contribution in [0.15, 0.2) is 0 Å². The summed E-state index contributed by atoms with van der Waals surface area (Å²) in [5.74, 6) is -0.402. The average Bonchev–Trinajstić information content (AvgIpc) is 2.91. The van der Waals surface area contributed by atoms with E-state index in [0.29, 0.717) is 106 Å². The fourth-order valence-electron chi connectivity index (χ4n) is 2.63. The normalized spacial score (nSPS) is 11.3. The molecule has 0 radical (unpaired) electrons. The summed E-state index contributed by atoms with van der Waals surface area (Å²) in [6, 6.07) is 0. The summed E-state index contributed by atoms with van der Waals surface area (Å²) in [5, 5.41) is 0. The molecule has 0 aliphatic heterocycles. The Bertz CT molecular complexity index is 447. The number of hydrogen-bond donors (Lipinski definition) is 0. The molecular weight excluding hydrogens is 603 g/mol. The molecule has 0 rings (SSSR count). The van der Waals surface area contributed by atoms with Crippen LogP contribution >= 0.6 is 22.6 Å². The van der Waals surface area contributed by atoms with Gasteiger partial charge in [-0.05, 0) is 17.3 Å². The van der Waals surface area contributed by atoms with Crippen molar-refractivity contribution in [3.63, 3.8) is 0 Å². The van der Waals surface area contributed by atoms with Crippen molar-refractivity contribution in [2.45, 2.75) is 25.7 Å². The Hall–Kier alpha value is -0.160. The van der Waals surface area contributed by atoms with Crippen LogP contribution in [0.3, 0.4) is 0 Å². The standard InChI is InChI=1S/C25H49IO11/c1-28-25(27)24-37-23-22-36-21-20-35-19-18-34-17-16-33-15-14-32-13-12-31-11-10-30-9-8-29-7-5-3-2-4-6-26/h2-24H2,1H3. The van der Waals surface area contributed by atoms with Gasteiger partial charge in [0, 0.05) is 6.61 Å². The zero-order chi connectivity index (χ0) is 26.9. The third-order valence-electron chi connectivity index (χ3n) is 4.60. The highest BCUT2D eigenvalue weighted by atomic mass is 127. The third kappa shape index (κ3) is 33.8. The maximum atomic E-state index is 10.8. The lowest BCUT2D eigenvalue weighted by molar-refractivity contribution is -0.146. The van der Waals surface area contributed by atoms with E-state index in [1.807, 2.05) is 0 Å². The van der Waals surface area contributed by atoms with Crippen LogP contribution in [0.25, 0.3) is 0 Å². The third-order valence-corrected chi connectivity index (χ3v) is 5.36. The van der Waals surface area contributed by atoms with E-state index >= 15 is 0 Å². The van der Waals surface area contributed by atoms with Gasteiger partial charge in [-0.2, -0.15) is 0 Å². The van der Waals surface area contributed by atoms with Crippen LogP contribution in [0.4, 0.5) is 0 Å². The van der Waals surface area contributed by atoms with Crippen LogP contribution in [-0.2, 0) is 52.2 Å². The Kier molecular flexibility index (Phi) is 33.7. The van der Waals surface area contributed by atoms with Gasteiger partial charge in [-0.1, -0.05) is 35.4 Å². The highest BCUT2D eigenvalue weighted by molar-refractivity contribution is 14.1. The zero-order valence-corrected chi connectivity index (χ0v) is 24.8. The van der Waals surface area contributed by atoms with Crippen LogP contribution in [0.1, 0.15) is 25.7 Å². The van der Waals surface area contributed by atoms with E-state index < -0.39 is 5.97 Å². The van der Waals surface area contributed by atoms with Crippen molar-refractivity contribution in [2.24, 2.45) is 0 Å². The van der Waals surface area contributed by atoms with Gasteiger partial charge in [0.05, 0.1) is 113 Å². The van der Waals surface area contributed by atoms with E-state index in [2.05, 4.69) is 27.3 Å². The van der Waals surface area contributed by atoms with Crippen LogP contribution in [0.5, 0.6) is 0 Å². The summed E-state index contributed by atoms with van der Waals surface area (Å²) in [5.41, 5.74) is 0. The number of unbranched alkanes of at least 4 members (excludes halogenated alkanes) is 3. The molecule has 0 aromatic heterocycles. The summed E-state index contributed by atoms with van der Waals surface area (Å²) < 4.78 is 54.3. The van der Waals surface area contributed by atoms with Gasteiger partial charge in [0.15, 0.2) is 0 Å². The number of rotatable bonds is 32. The molecule has 37 heavy (non-hydrogen) atoms. The van der Waals surface area contributed by atoms with Gasteiger partial charge in [-0.15, -0.1) is 0 Å². The smallest absolute Gasteiger partial charge is 0.331 e. The molecule has 0 atom stereocenters. The molecule has 0 saturated heterocycles. The van der Waals surface area contributed by atoms with Crippen molar-refractivity contribution < 1.29 is 52.2 Å². The van der Waals surface area contributed by atoms with E-state index in [9.17, 15) is 4.79 Å². The molecule has 0 heterocycles. The second-order valence-corrected chi connectivity index (χ2v) is 8.71. The first-order valence-electron chi connectivity index (χ1n) is 13.1. The van der Waals surface area contributed by atoms with E-state index in [-0.39, 0.29) is 6.61 Å². The molecule has 0 aliphatic carbocycles. The Morgan fingerprint density at radius 1 is 0.432 bits per heavy atom. The largest absolute Gasteiger partial charge is 0.467 e. The highest BCUT2D eigenvalue weighted by Crippen LogP contribution is 2.02. The van der Waals surface area contributed by atoms with Crippen molar-refractivity contribution in [3.05, 3.63) is 0 Å². The minimum Gasteiger partial charge on any atom is -0.467 e. The van der Waals surface area contributed by atoms with Crippen molar-refractivity contribution in [1.82, 2.24) is 0 Å². The quantitative estimate of drug-likeness (QED) is 0.0463. The highest BCUT2D eigenvalue weighted by Gasteiger charge is 1.99. The van der Waals surface area contributed by atoms with Crippen LogP contribution in [-0.4, -0.2) is 136 Å². The lowest BCUT2D eigenvalue weighted by Crippen LogP contribution is -2.16. The molecule has 0 saturated carbocycles. The van der Waals surface area contributed by atoms with Crippen LogP contribution < -0.4 is 0 Å². The monoisotopic (exact) mass is 652 g/mol. The predicted octanol–water partition coefficient (Wildman–Crippen LogP) is 2.30. The SMILES string of the molecule is COC(=O)COCCOCCOCCOCCOCCOCCOCCOCCOCCCCCCI. The number of esters is 1. The second-order valence-electron chi connectivity index (χ2n) is 7.63. The minimum absolute atomic E-state index is 0.0635. The van der Waals surface area contributed by atoms with Crippen molar-refractivity contribution in [2.75, 3.05) is 130 Å². The Morgan fingerprint density at radius 2 is 0.730 bits per heavy atom. The lowest BCUT2D eigenvalue weighted by Gasteiger charge is -2.09. The summed E-state index contributed by atoms with van der Waals surface area (Å²) in [4.78, 5) is 10.8. The summed E-state index contributed by atoms with van der Waals surface area (Å²) >= 11 is 2.42. The first kappa shape index (κ1) is 36.8. The molecule has 0 unspecified atom stereocenters. The molecule has 0 amide bonds. The van der Waals surface area contributed by atoms with Gasteiger partial charge in [-0.25, -0.2) is 4.79 Å². The van der Waals surface area contributed by atoms with Crippen molar-refractivity contribution in [1.29, 1.82) is 0 Å². The Morgan fingerprint density at radius 3 is 1.05 bits per heavy atom. The summed E-state index contributed by atoms with van der Waals surface area (Å²) in [6.45, 7) is 8.88. The number of alkyl halides is 1. The topological polar surface area (TPSA) is 109 Å². The lowest BCUT2D eigenvalue weighted by atomic mass is 10.2. The Balaban J connectivity index is 3.03. The summed E-state index contributed by atoms with van der Waals surface area (Å²) in [7, 11) is 1.32. The van der Waals surface area contributed by atoms with Gasteiger partial charge in [-0.3, -0.25) is 0 Å². The predicted molar refractivity (Wildman–Crippen MR) is 147 cm³/mol. The number of hydrogen-bond acceptors (Lipinski definition) is 11. The minimum atomic E-state index is -0.402. The van der Waals surface area contributed by atoms with Crippen molar-refractivity contribution >= 4 is 28.6 Å². The molecule has 222 valence electrons. The van der Waals surface area contributed by atoms with Crippen LogP contribution in [0, 0.1) is 0 Å². The molecular formula is C25H49IO11. The maximum Gasteiger partial charge on any atom is 0.331 e. The van der Waals surface area contributed by atoms with E-state index in [0.717, 1.165) is 13.0 Å². The molecule has 12 heteroatoms. The van der Waals surface area contributed by atoms with Crippen LogP contribution in [0.2, 0.25) is 0 Å². The fourth-order valence-corrected chi connectivity index (χ4v) is 3.17. The number of carbonyl (C=O) groups excluding carboxylic acids is 1. The molecule has 0 bridgehead atoms. The maximum absolute atomic E-state index is 10.8.